The Balaban J connectivity index is 1.57. The van der Waals surface area contributed by atoms with Crippen LogP contribution in [0.1, 0.15) is 27.7 Å². The molecule has 38 heavy (non-hydrogen) atoms. The zero-order valence-electron chi connectivity index (χ0n) is 22.1. The van der Waals surface area contributed by atoms with Gasteiger partial charge in [-0.1, -0.05) is 97.1 Å². The maximum Gasteiger partial charge on any atom is 0.494 e. The molecular formula is C33H29BN2O2. The molecule has 4 nitrogen and oxygen atoms in total. The van der Waals surface area contributed by atoms with Crippen molar-refractivity contribution in [3.8, 4) is 22.5 Å². The average molecular weight is 496 g/mol. The molecule has 3 heterocycles. The molecule has 0 unspecified atom stereocenters. The molecule has 0 atom stereocenters. The SMILES string of the molecule is CC1(C)OB(c2ccc3c(c2)c2ccccc2c2nc(-c4ccccc4)c(-c4ccccc4)n32)OC1(C)C. The van der Waals surface area contributed by atoms with Crippen LogP contribution >= 0.6 is 0 Å². The van der Waals surface area contributed by atoms with Crippen molar-refractivity contribution >= 4 is 39.9 Å². The highest BCUT2D eigenvalue weighted by Gasteiger charge is 2.51. The van der Waals surface area contributed by atoms with Gasteiger partial charge in [-0.05, 0) is 44.6 Å². The second-order valence-electron chi connectivity index (χ2n) is 11.1. The molecule has 1 aliphatic rings. The number of pyridine rings is 1. The Morgan fingerprint density at radius 2 is 1.21 bits per heavy atom. The lowest BCUT2D eigenvalue weighted by molar-refractivity contribution is 0.00578. The lowest BCUT2D eigenvalue weighted by Gasteiger charge is -2.32. The number of hydrogen-bond acceptors (Lipinski definition) is 3. The third-order valence-electron chi connectivity index (χ3n) is 8.22. The van der Waals surface area contributed by atoms with E-state index in [1.54, 1.807) is 0 Å². The van der Waals surface area contributed by atoms with Gasteiger partial charge >= 0.3 is 7.12 Å². The normalized spacial score (nSPS) is 16.6. The summed E-state index contributed by atoms with van der Waals surface area (Å²) >= 11 is 0. The molecule has 1 aliphatic heterocycles. The van der Waals surface area contributed by atoms with Crippen LogP contribution in [0.4, 0.5) is 0 Å². The number of imidazole rings is 1. The van der Waals surface area contributed by atoms with E-state index in [0.717, 1.165) is 55.3 Å². The molecule has 0 radical (unpaired) electrons. The first-order valence-corrected chi connectivity index (χ1v) is 13.2. The smallest absolute Gasteiger partial charge is 0.399 e. The van der Waals surface area contributed by atoms with Gasteiger partial charge in [-0.3, -0.25) is 4.40 Å². The summed E-state index contributed by atoms with van der Waals surface area (Å²) in [6.45, 7) is 8.37. The summed E-state index contributed by atoms with van der Waals surface area (Å²) < 4.78 is 15.1. The summed E-state index contributed by atoms with van der Waals surface area (Å²) in [5.74, 6) is 0. The topological polar surface area (TPSA) is 35.8 Å². The lowest BCUT2D eigenvalue weighted by atomic mass is 9.78. The number of benzene rings is 4. The van der Waals surface area contributed by atoms with Gasteiger partial charge < -0.3 is 9.31 Å². The predicted octanol–water partition coefficient (Wildman–Crippen LogP) is 7.27. The van der Waals surface area contributed by atoms with Crippen molar-refractivity contribution in [3.63, 3.8) is 0 Å². The second-order valence-corrected chi connectivity index (χ2v) is 11.1. The first-order valence-electron chi connectivity index (χ1n) is 13.2. The highest BCUT2D eigenvalue weighted by atomic mass is 16.7. The molecule has 0 aliphatic carbocycles. The summed E-state index contributed by atoms with van der Waals surface area (Å²) in [6.07, 6.45) is 0. The van der Waals surface area contributed by atoms with Crippen molar-refractivity contribution in [2.24, 2.45) is 0 Å². The molecule has 0 amide bonds. The van der Waals surface area contributed by atoms with E-state index in [4.69, 9.17) is 14.3 Å². The average Bonchev–Trinajstić information content (AvgIpc) is 3.44. The van der Waals surface area contributed by atoms with E-state index < -0.39 is 18.3 Å². The fourth-order valence-corrected chi connectivity index (χ4v) is 5.50. The van der Waals surface area contributed by atoms with Gasteiger partial charge in [0, 0.05) is 21.9 Å². The quantitative estimate of drug-likeness (QED) is 0.191. The monoisotopic (exact) mass is 496 g/mol. The standard InChI is InChI=1S/C33H29BN2O2/c1-32(2)33(3,4)38-34(37-32)24-19-20-28-27(21-24)25-17-11-12-18-26(25)31-35-29(22-13-7-5-8-14-22)30(36(28)31)23-15-9-6-10-16-23/h5-21H,1-4H3. The molecule has 0 spiro atoms. The van der Waals surface area contributed by atoms with Crippen LogP contribution in [0.25, 0.3) is 49.8 Å². The van der Waals surface area contributed by atoms with E-state index in [2.05, 4.69) is 129 Å². The Bertz CT molecular complexity index is 1810. The van der Waals surface area contributed by atoms with Crippen molar-refractivity contribution < 1.29 is 9.31 Å². The third kappa shape index (κ3) is 3.43. The molecular weight excluding hydrogens is 467 g/mol. The molecule has 5 heteroatoms. The van der Waals surface area contributed by atoms with Crippen LogP contribution in [0.5, 0.6) is 0 Å². The number of aromatic nitrogens is 2. The van der Waals surface area contributed by atoms with Gasteiger partial charge in [0.1, 0.15) is 5.65 Å². The van der Waals surface area contributed by atoms with E-state index in [1.807, 2.05) is 6.07 Å². The van der Waals surface area contributed by atoms with Crippen LogP contribution in [0.15, 0.2) is 103 Å². The number of rotatable bonds is 3. The Morgan fingerprint density at radius 1 is 0.632 bits per heavy atom. The van der Waals surface area contributed by atoms with E-state index >= 15 is 0 Å². The molecule has 0 bridgehead atoms. The highest BCUT2D eigenvalue weighted by Crippen LogP contribution is 2.40. The molecule has 1 saturated heterocycles. The Hall–Kier alpha value is -3.93. The van der Waals surface area contributed by atoms with Gasteiger partial charge in [-0.2, -0.15) is 0 Å². The Labute approximate surface area is 223 Å². The van der Waals surface area contributed by atoms with E-state index in [9.17, 15) is 0 Å². The van der Waals surface area contributed by atoms with Crippen LogP contribution in [-0.4, -0.2) is 27.7 Å². The first kappa shape index (κ1) is 23.2. The maximum atomic E-state index is 6.41. The summed E-state index contributed by atoms with van der Waals surface area (Å²) in [7, 11) is -0.421. The zero-order chi connectivity index (χ0) is 26.1. The number of hydrogen-bond donors (Lipinski definition) is 0. The van der Waals surface area contributed by atoms with Crippen molar-refractivity contribution in [3.05, 3.63) is 103 Å². The third-order valence-corrected chi connectivity index (χ3v) is 8.22. The summed E-state index contributed by atoms with van der Waals surface area (Å²) in [4.78, 5) is 5.29. The van der Waals surface area contributed by atoms with Gasteiger partial charge in [0.05, 0.1) is 28.1 Å². The van der Waals surface area contributed by atoms with Gasteiger partial charge in [0.2, 0.25) is 0 Å². The van der Waals surface area contributed by atoms with Gasteiger partial charge in [-0.15, -0.1) is 0 Å². The van der Waals surface area contributed by atoms with Crippen molar-refractivity contribution in [1.82, 2.24) is 9.38 Å². The summed E-state index contributed by atoms with van der Waals surface area (Å²) in [6, 6.07) is 36.1. The minimum atomic E-state index is -0.421. The van der Waals surface area contributed by atoms with Crippen LogP contribution in [-0.2, 0) is 9.31 Å². The van der Waals surface area contributed by atoms with E-state index in [-0.39, 0.29) is 0 Å². The molecule has 186 valence electrons. The van der Waals surface area contributed by atoms with Gasteiger partial charge in [0.15, 0.2) is 0 Å². The highest BCUT2D eigenvalue weighted by molar-refractivity contribution is 6.62. The second kappa shape index (κ2) is 8.29. The first-order chi connectivity index (χ1) is 18.3. The van der Waals surface area contributed by atoms with Crippen molar-refractivity contribution in [2.75, 3.05) is 0 Å². The van der Waals surface area contributed by atoms with E-state index in [1.165, 1.54) is 0 Å². The number of nitrogens with zero attached hydrogens (tertiary/aromatic N) is 2. The molecule has 1 fully saturated rings. The van der Waals surface area contributed by atoms with Crippen LogP contribution < -0.4 is 5.46 Å². The van der Waals surface area contributed by atoms with Crippen molar-refractivity contribution in [1.29, 1.82) is 0 Å². The van der Waals surface area contributed by atoms with Crippen LogP contribution in [0.3, 0.4) is 0 Å². The largest absolute Gasteiger partial charge is 0.494 e. The predicted molar refractivity (Wildman–Crippen MR) is 157 cm³/mol. The fourth-order valence-electron chi connectivity index (χ4n) is 5.50. The molecule has 2 aromatic heterocycles. The molecule has 0 saturated carbocycles. The minimum absolute atomic E-state index is 0.395. The van der Waals surface area contributed by atoms with Crippen LogP contribution in [0.2, 0.25) is 0 Å². The molecule has 6 aromatic rings. The fraction of sp³-hybridized carbons (Fsp3) is 0.182. The number of fused-ring (bicyclic) bond motifs is 6. The van der Waals surface area contributed by atoms with E-state index in [0.29, 0.717) is 0 Å². The molecule has 4 aromatic carbocycles. The zero-order valence-corrected chi connectivity index (χ0v) is 22.1. The minimum Gasteiger partial charge on any atom is -0.399 e. The van der Waals surface area contributed by atoms with Gasteiger partial charge in [-0.25, -0.2) is 4.98 Å². The Kier molecular flexibility index (Phi) is 5.06. The molecule has 7 rings (SSSR count). The summed E-state index contributed by atoms with van der Waals surface area (Å²) in [5, 5.41) is 3.43. The summed E-state index contributed by atoms with van der Waals surface area (Å²) in [5.41, 5.74) is 6.58. The maximum absolute atomic E-state index is 6.41. The van der Waals surface area contributed by atoms with Gasteiger partial charge in [0.25, 0.3) is 0 Å². The Morgan fingerprint density at radius 3 is 1.87 bits per heavy atom. The van der Waals surface area contributed by atoms with Crippen molar-refractivity contribution in [2.45, 2.75) is 38.9 Å². The molecule has 0 N–H and O–H groups in total. The van der Waals surface area contributed by atoms with Crippen LogP contribution in [0, 0.1) is 0 Å². The lowest BCUT2D eigenvalue weighted by Crippen LogP contribution is -2.41.